The van der Waals surface area contributed by atoms with Crippen molar-refractivity contribution in [1.82, 2.24) is 21.7 Å². The Bertz CT molecular complexity index is 1350. The SMILES string of the molecule is CCCCCCCc1cccc(O)c1C(=O)NNC(=O)C(CC)CCC(CCCC)C(=O)NNC(=O)c1c(O)cccc1CCCCCCC. The Morgan fingerprint density at radius 2 is 0.940 bits per heavy atom. The molecular weight excluding hydrogens is 632 g/mol. The second-order valence-electron chi connectivity index (χ2n) is 13.4. The lowest BCUT2D eigenvalue weighted by Gasteiger charge is -2.21. The fourth-order valence-corrected chi connectivity index (χ4v) is 6.30. The van der Waals surface area contributed by atoms with Gasteiger partial charge in [0, 0.05) is 11.8 Å². The van der Waals surface area contributed by atoms with Crippen molar-refractivity contribution in [2.45, 2.75) is 143 Å². The molecule has 50 heavy (non-hydrogen) atoms. The fraction of sp³-hybridized carbons (Fsp3) is 0.600. The molecule has 0 aliphatic carbocycles. The highest BCUT2D eigenvalue weighted by atomic mass is 16.3. The van der Waals surface area contributed by atoms with Gasteiger partial charge in [0.05, 0.1) is 11.1 Å². The van der Waals surface area contributed by atoms with E-state index in [1.165, 1.54) is 25.0 Å². The minimum absolute atomic E-state index is 0.129. The van der Waals surface area contributed by atoms with E-state index in [0.29, 0.717) is 38.5 Å². The topological polar surface area (TPSA) is 157 Å². The first-order chi connectivity index (χ1) is 24.2. The number of nitrogens with one attached hydrogen (secondary N) is 4. The zero-order chi connectivity index (χ0) is 36.7. The van der Waals surface area contributed by atoms with Crippen molar-refractivity contribution in [3.63, 3.8) is 0 Å². The molecule has 0 aliphatic rings. The highest BCUT2D eigenvalue weighted by Crippen LogP contribution is 2.25. The number of aryl methyl sites for hydroxylation is 2. The molecule has 0 aromatic heterocycles. The van der Waals surface area contributed by atoms with Gasteiger partial charge in [-0.05, 0) is 74.6 Å². The zero-order valence-corrected chi connectivity index (χ0v) is 30.9. The van der Waals surface area contributed by atoms with E-state index < -0.39 is 23.7 Å². The molecule has 0 heterocycles. The number of carbonyl (C=O) groups excluding carboxylic acids is 4. The molecule has 0 aliphatic heterocycles. The first-order valence-electron chi connectivity index (χ1n) is 19.0. The summed E-state index contributed by atoms with van der Waals surface area (Å²) in [7, 11) is 0. The lowest BCUT2D eigenvalue weighted by Crippen LogP contribution is -2.46. The Kier molecular flexibility index (Phi) is 20.3. The summed E-state index contributed by atoms with van der Waals surface area (Å²) in [5.74, 6) is -3.05. The number of phenols is 2. The van der Waals surface area contributed by atoms with Crippen molar-refractivity contribution in [2.24, 2.45) is 11.8 Å². The molecular formula is C40H62N4O6. The number of hydrogen-bond donors (Lipinski definition) is 6. The molecule has 2 atom stereocenters. The number of amides is 4. The van der Waals surface area contributed by atoms with E-state index in [1.54, 1.807) is 12.1 Å². The van der Waals surface area contributed by atoms with Gasteiger partial charge in [0.1, 0.15) is 11.5 Å². The Labute approximate surface area is 299 Å². The van der Waals surface area contributed by atoms with Crippen LogP contribution in [-0.2, 0) is 22.4 Å². The first-order valence-corrected chi connectivity index (χ1v) is 19.0. The van der Waals surface area contributed by atoms with Gasteiger partial charge in [0.15, 0.2) is 0 Å². The number of hydrazine groups is 2. The standard InChI is InChI=1S/C40H62N4O6/c1-5-9-12-14-16-21-30-23-18-25-33(45)35(30)39(49)43-41-37(47)29(8-4)27-28-32(20-11-7-3)38(48)42-44-40(50)36-31(24-19-26-34(36)46)22-17-15-13-10-6-2/h18-19,23-26,29,32,45-46H,5-17,20-22,27-28H2,1-4H3,(H,41,47)(H,42,48)(H,43,49)(H,44,50). The fourth-order valence-electron chi connectivity index (χ4n) is 6.30. The van der Waals surface area contributed by atoms with E-state index in [0.717, 1.165) is 75.3 Å². The van der Waals surface area contributed by atoms with E-state index in [-0.39, 0.29) is 34.4 Å². The lowest BCUT2D eigenvalue weighted by atomic mass is 9.90. The van der Waals surface area contributed by atoms with Crippen LogP contribution in [0.1, 0.15) is 162 Å². The van der Waals surface area contributed by atoms with Gasteiger partial charge in [0.25, 0.3) is 11.8 Å². The van der Waals surface area contributed by atoms with Gasteiger partial charge in [-0.2, -0.15) is 0 Å². The van der Waals surface area contributed by atoms with Crippen molar-refractivity contribution in [1.29, 1.82) is 0 Å². The number of hydrogen-bond acceptors (Lipinski definition) is 6. The molecule has 10 heteroatoms. The number of benzene rings is 2. The van der Waals surface area contributed by atoms with Crippen LogP contribution >= 0.6 is 0 Å². The summed E-state index contributed by atoms with van der Waals surface area (Å²) in [5.41, 5.74) is 11.9. The maximum absolute atomic E-state index is 13.3. The monoisotopic (exact) mass is 694 g/mol. The molecule has 0 fully saturated rings. The molecule has 0 radical (unpaired) electrons. The maximum Gasteiger partial charge on any atom is 0.273 e. The van der Waals surface area contributed by atoms with Crippen LogP contribution in [0.5, 0.6) is 11.5 Å². The third-order valence-corrected chi connectivity index (χ3v) is 9.41. The van der Waals surface area contributed by atoms with Gasteiger partial charge >= 0.3 is 0 Å². The highest BCUT2D eigenvalue weighted by Gasteiger charge is 2.25. The predicted octanol–water partition coefficient (Wildman–Crippen LogP) is 7.96. The van der Waals surface area contributed by atoms with Crippen LogP contribution in [0.3, 0.4) is 0 Å². The van der Waals surface area contributed by atoms with Gasteiger partial charge in [0.2, 0.25) is 11.8 Å². The van der Waals surface area contributed by atoms with Gasteiger partial charge in [-0.25, -0.2) is 0 Å². The van der Waals surface area contributed by atoms with Crippen LogP contribution in [0.25, 0.3) is 0 Å². The quantitative estimate of drug-likeness (QED) is 0.0512. The first kappa shape index (κ1) is 42.1. The molecule has 278 valence electrons. The molecule has 0 saturated carbocycles. The van der Waals surface area contributed by atoms with Crippen LogP contribution in [-0.4, -0.2) is 33.8 Å². The van der Waals surface area contributed by atoms with Crippen LogP contribution in [0.4, 0.5) is 0 Å². The molecule has 0 spiro atoms. The number of phenolic OH excluding ortho intramolecular Hbond substituents is 2. The average Bonchev–Trinajstić information content (AvgIpc) is 3.10. The van der Waals surface area contributed by atoms with Crippen LogP contribution in [0.15, 0.2) is 36.4 Å². The van der Waals surface area contributed by atoms with E-state index in [4.69, 9.17) is 0 Å². The summed E-state index contributed by atoms with van der Waals surface area (Å²) in [6.45, 7) is 8.22. The van der Waals surface area contributed by atoms with Crippen LogP contribution in [0, 0.1) is 11.8 Å². The molecule has 6 N–H and O–H groups in total. The molecule has 2 aromatic rings. The normalized spacial score (nSPS) is 12.2. The molecule has 2 aromatic carbocycles. The molecule has 4 amide bonds. The molecule has 10 nitrogen and oxygen atoms in total. The van der Waals surface area contributed by atoms with E-state index in [1.807, 2.05) is 26.0 Å². The molecule has 2 rings (SSSR count). The van der Waals surface area contributed by atoms with Gasteiger partial charge < -0.3 is 10.2 Å². The third-order valence-electron chi connectivity index (χ3n) is 9.41. The highest BCUT2D eigenvalue weighted by molar-refractivity contribution is 6.00. The van der Waals surface area contributed by atoms with Crippen molar-refractivity contribution < 1.29 is 29.4 Å². The number of unbranched alkanes of at least 4 members (excludes halogenated alkanes) is 9. The maximum atomic E-state index is 13.3. The average molecular weight is 695 g/mol. The van der Waals surface area contributed by atoms with Crippen molar-refractivity contribution >= 4 is 23.6 Å². The largest absolute Gasteiger partial charge is 0.507 e. The van der Waals surface area contributed by atoms with Gasteiger partial charge in [-0.3, -0.25) is 40.9 Å². The molecule has 0 saturated heterocycles. The summed E-state index contributed by atoms with van der Waals surface area (Å²) in [6.07, 6.45) is 15.6. The smallest absolute Gasteiger partial charge is 0.273 e. The lowest BCUT2D eigenvalue weighted by molar-refractivity contribution is -0.128. The second kappa shape index (κ2) is 24.1. The number of carbonyl (C=O) groups is 4. The van der Waals surface area contributed by atoms with E-state index >= 15 is 0 Å². The molecule has 2 unspecified atom stereocenters. The number of rotatable bonds is 23. The van der Waals surface area contributed by atoms with Crippen molar-refractivity contribution in [3.05, 3.63) is 58.7 Å². The summed E-state index contributed by atoms with van der Waals surface area (Å²) < 4.78 is 0. The Balaban J connectivity index is 1.97. The van der Waals surface area contributed by atoms with E-state index in [2.05, 4.69) is 35.6 Å². The number of aromatic hydroxyl groups is 2. The zero-order valence-electron chi connectivity index (χ0n) is 30.9. The molecule has 0 bridgehead atoms. The minimum atomic E-state index is -0.574. The van der Waals surface area contributed by atoms with Crippen molar-refractivity contribution in [3.8, 4) is 11.5 Å². The van der Waals surface area contributed by atoms with Crippen LogP contribution in [0.2, 0.25) is 0 Å². The summed E-state index contributed by atoms with van der Waals surface area (Å²) in [5, 5.41) is 21.0. The van der Waals surface area contributed by atoms with Crippen molar-refractivity contribution in [2.75, 3.05) is 0 Å². The Hall–Kier alpha value is -4.08. The van der Waals surface area contributed by atoms with E-state index in [9.17, 15) is 29.4 Å². The minimum Gasteiger partial charge on any atom is -0.507 e. The second-order valence-corrected chi connectivity index (χ2v) is 13.4. The summed E-state index contributed by atoms with van der Waals surface area (Å²) in [6, 6.07) is 10.0. The van der Waals surface area contributed by atoms with Gasteiger partial charge in [-0.15, -0.1) is 0 Å². The summed E-state index contributed by atoms with van der Waals surface area (Å²) in [4.78, 5) is 52.7. The predicted molar refractivity (Wildman–Crippen MR) is 198 cm³/mol. The third kappa shape index (κ3) is 14.4. The Morgan fingerprint density at radius 3 is 1.38 bits per heavy atom. The summed E-state index contributed by atoms with van der Waals surface area (Å²) >= 11 is 0. The Morgan fingerprint density at radius 1 is 0.520 bits per heavy atom. The van der Waals surface area contributed by atoms with Gasteiger partial charge in [-0.1, -0.05) is 116 Å². The van der Waals surface area contributed by atoms with Crippen LogP contribution < -0.4 is 21.7 Å².